The molecule has 142 valence electrons. The standard InChI is InChI=1S/C21H16Cl2N2O3/c1-25-12-24-17(8-4-13-5-9-18(27-2)19(10-13)28-3)20(25)21(26)14-6-7-15(22)16(23)11-14/h5-7,9-12H,1-3H3. The minimum Gasteiger partial charge on any atom is -0.493 e. The Morgan fingerprint density at radius 2 is 1.75 bits per heavy atom. The molecule has 0 saturated heterocycles. The van der Waals surface area contributed by atoms with Gasteiger partial charge in [-0.3, -0.25) is 4.79 Å². The van der Waals surface area contributed by atoms with Gasteiger partial charge in [-0.2, -0.15) is 0 Å². The molecule has 0 fully saturated rings. The maximum Gasteiger partial charge on any atom is 0.212 e. The molecule has 0 atom stereocenters. The molecular formula is C21H16Cl2N2O3. The first kappa shape index (κ1) is 19.8. The number of halogens is 2. The normalized spacial score (nSPS) is 10.2. The Morgan fingerprint density at radius 1 is 1.00 bits per heavy atom. The number of carbonyl (C=O) groups excluding carboxylic acids is 1. The minimum atomic E-state index is -0.241. The van der Waals surface area contributed by atoms with Gasteiger partial charge in [0.15, 0.2) is 11.5 Å². The van der Waals surface area contributed by atoms with E-state index in [1.165, 1.54) is 6.07 Å². The molecule has 28 heavy (non-hydrogen) atoms. The molecule has 0 amide bonds. The summed E-state index contributed by atoms with van der Waals surface area (Å²) in [6.07, 6.45) is 1.55. The molecule has 3 aromatic rings. The zero-order chi connectivity index (χ0) is 20.3. The highest BCUT2D eigenvalue weighted by atomic mass is 35.5. The number of aromatic nitrogens is 2. The maximum atomic E-state index is 12.9. The highest BCUT2D eigenvalue weighted by Gasteiger charge is 2.18. The fourth-order valence-corrected chi connectivity index (χ4v) is 2.91. The van der Waals surface area contributed by atoms with E-state index in [0.717, 1.165) is 0 Å². The van der Waals surface area contributed by atoms with Crippen molar-refractivity contribution in [1.82, 2.24) is 9.55 Å². The number of carbonyl (C=O) groups is 1. The van der Waals surface area contributed by atoms with E-state index in [0.29, 0.717) is 44.1 Å². The second-order valence-corrected chi connectivity index (χ2v) is 6.64. The Kier molecular flexibility index (Phi) is 5.93. The number of ether oxygens (including phenoxy) is 2. The van der Waals surface area contributed by atoms with Crippen LogP contribution in [0, 0.1) is 11.8 Å². The number of nitrogens with zero attached hydrogens (tertiary/aromatic N) is 2. The number of hydrogen-bond donors (Lipinski definition) is 0. The number of benzene rings is 2. The molecule has 0 aliphatic carbocycles. The van der Waals surface area contributed by atoms with Crippen molar-refractivity contribution in [1.29, 1.82) is 0 Å². The van der Waals surface area contributed by atoms with Crippen LogP contribution in [0.5, 0.6) is 11.5 Å². The average Bonchev–Trinajstić information content (AvgIpc) is 3.07. The van der Waals surface area contributed by atoms with E-state index in [2.05, 4.69) is 16.8 Å². The van der Waals surface area contributed by atoms with Crippen molar-refractivity contribution in [2.45, 2.75) is 0 Å². The molecule has 0 spiro atoms. The van der Waals surface area contributed by atoms with Crippen LogP contribution in [-0.4, -0.2) is 29.6 Å². The van der Waals surface area contributed by atoms with Crippen LogP contribution in [0.1, 0.15) is 27.3 Å². The molecule has 0 unspecified atom stereocenters. The Labute approximate surface area is 172 Å². The van der Waals surface area contributed by atoms with Crippen molar-refractivity contribution < 1.29 is 14.3 Å². The first-order chi connectivity index (χ1) is 13.4. The van der Waals surface area contributed by atoms with E-state index in [4.69, 9.17) is 32.7 Å². The van der Waals surface area contributed by atoms with Gasteiger partial charge in [0.25, 0.3) is 0 Å². The van der Waals surface area contributed by atoms with Crippen LogP contribution in [0.3, 0.4) is 0 Å². The van der Waals surface area contributed by atoms with E-state index in [-0.39, 0.29) is 5.78 Å². The molecule has 0 bridgehead atoms. The monoisotopic (exact) mass is 414 g/mol. The van der Waals surface area contributed by atoms with E-state index in [1.807, 2.05) is 0 Å². The fourth-order valence-electron chi connectivity index (χ4n) is 2.61. The summed E-state index contributed by atoms with van der Waals surface area (Å²) in [4.78, 5) is 17.2. The van der Waals surface area contributed by atoms with Gasteiger partial charge in [0.2, 0.25) is 5.78 Å². The highest BCUT2D eigenvalue weighted by molar-refractivity contribution is 6.42. The van der Waals surface area contributed by atoms with Gasteiger partial charge in [-0.1, -0.05) is 29.1 Å². The van der Waals surface area contributed by atoms with E-state index in [9.17, 15) is 4.79 Å². The molecule has 1 heterocycles. The molecular weight excluding hydrogens is 399 g/mol. The summed E-state index contributed by atoms with van der Waals surface area (Å²) in [5.41, 5.74) is 1.85. The SMILES string of the molecule is COc1ccc(C#Cc2ncn(C)c2C(=O)c2ccc(Cl)c(Cl)c2)cc1OC. The Morgan fingerprint density at radius 3 is 2.43 bits per heavy atom. The average molecular weight is 415 g/mol. The lowest BCUT2D eigenvalue weighted by molar-refractivity contribution is 0.103. The van der Waals surface area contributed by atoms with Crippen LogP contribution >= 0.6 is 23.2 Å². The molecule has 0 aliphatic rings. The molecule has 0 radical (unpaired) electrons. The van der Waals surface area contributed by atoms with Gasteiger partial charge in [0, 0.05) is 18.2 Å². The molecule has 0 aliphatic heterocycles. The Hall–Kier alpha value is -2.94. The van der Waals surface area contributed by atoms with Crippen LogP contribution in [-0.2, 0) is 7.05 Å². The summed E-state index contributed by atoms with van der Waals surface area (Å²) >= 11 is 12.0. The molecule has 1 aromatic heterocycles. The maximum absolute atomic E-state index is 12.9. The smallest absolute Gasteiger partial charge is 0.212 e. The Balaban J connectivity index is 1.97. The quantitative estimate of drug-likeness (QED) is 0.469. The van der Waals surface area contributed by atoms with Gasteiger partial charge < -0.3 is 14.0 Å². The van der Waals surface area contributed by atoms with Gasteiger partial charge in [-0.15, -0.1) is 0 Å². The number of methoxy groups -OCH3 is 2. The summed E-state index contributed by atoms with van der Waals surface area (Å²) in [6, 6.07) is 10.1. The second-order valence-electron chi connectivity index (χ2n) is 5.83. The van der Waals surface area contributed by atoms with Crippen molar-refractivity contribution >= 4 is 29.0 Å². The van der Waals surface area contributed by atoms with Crippen LogP contribution in [0.25, 0.3) is 0 Å². The summed E-state index contributed by atoms with van der Waals surface area (Å²) < 4.78 is 12.1. The number of imidazole rings is 1. The summed E-state index contributed by atoms with van der Waals surface area (Å²) in [5, 5.41) is 0.698. The highest BCUT2D eigenvalue weighted by Crippen LogP contribution is 2.27. The van der Waals surface area contributed by atoms with Gasteiger partial charge in [0.1, 0.15) is 11.4 Å². The number of rotatable bonds is 4. The minimum absolute atomic E-state index is 0.241. The first-order valence-corrected chi connectivity index (χ1v) is 8.95. The number of aryl methyl sites for hydroxylation is 1. The van der Waals surface area contributed by atoms with Crippen molar-refractivity contribution in [2.24, 2.45) is 7.05 Å². The van der Waals surface area contributed by atoms with E-state index in [1.54, 1.807) is 62.5 Å². The van der Waals surface area contributed by atoms with Crippen molar-refractivity contribution in [3.8, 4) is 23.3 Å². The molecule has 5 nitrogen and oxygen atoms in total. The molecule has 0 N–H and O–H groups in total. The van der Waals surface area contributed by atoms with Gasteiger partial charge >= 0.3 is 0 Å². The zero-order valence-corrected chi connectivity index (χ0v) is 16.9. The van der Waals surface area contributed by atoms with E-state index < -0.39 is 0 Å². The topological polar surface area (TPSA) is 53.4 Å². The lowest BCUT2D eigenvalue weighted by atomic mass is 10.1. The summed E-state index contributed by atoms with van der Waals surface area (Å²) in [5.74, 6) is 6.91. The zero-order valence-electron chi connectivity index (χ0n) is 15.4. The third kappa shape index (κ3) is 3.99. The number of hydrogen-bond acceptors (Lipinski definition) is 4. The number of ketones is 1. The molecule has 0 saturated carbocycles. The lowest BCUT2D eigenvalue weighted by Crippen LogP contribution is -2.09. The van der Waals surface area contributed by atoms with Gasteiger partial charge in [0.05, 0.1) is 30.6 Å². The van der Waals surface area contributed by atoms with Crippen LogP contribution in [0.15, 0.2) is 42.7 Å². The van der Waals surface area contributed by atoms with Crippen LogP contribution in [0.4, 0.5) is 0 Å². The molecule has 2 aromatic carbocycles. The van der Waals surface area contributed by atoms with Gasteiger partial charge in [-0.25, -0.2) is 4.98 Å². The van der Waals surface area contributed by atoms with Crippen molar-refractivity contribution in [3.05, 3.63) is 75.3 Å². The molecule has 7 heteroatoms. The fraction of sp³-hybridized carbons (Fsp3) is 0.143. The first-order valence-electron chi connectivity index (χ1n) is 8.19. The van der Waals surface area contributed by atoms with Crippen LogP contribution in [0.2, 0.25) is 10.0 Å². The summed E-state index contributed by atoms with van der Waals surface area (Å²) in [7, 11) is 4.86. The largest absolute Gasteiger partial charge is 0.493 e. The second kappa shape index (κ2) is 8.39. The Bertz CT molecular complexity index is 1110. The third-order valence-corrected chi connectivity index (χ3v) is 4.78. The lowest BCUT2D eigenvalue weighted by Gasteiger charge is -2.06. The van der Waals surface area contributed by atoms with Crippen molar-refractivity contribution in [2.75, 3.05) is 14.2 Å². The summed E-state index contributed by atoms with van der Waals surface area (Å²) in [6.45, 7) is 0. The third-order valence-electron chi connectivity index (χ3n) is 4.04. The van der Waals surface area contributed by atoms with Crippen molar-refractivity contribution in [3.63, 3.8) is 0 Å². The van der Waals surface area contributed by atoms with Gasteiger partial charge in [-0.05, 0) is 42.3 Å². The van der Waals surface area contributed by atoms with Crippen LogP contribution < -0.4 is 9.47 Å². The molecule has 3 rings (SSSR count). The predicted octanol–water partition coefficient (Wildman–Crippen LogP) is 4.37. The predicted molar refractivity (Wildman–Crippen MR) is 109 cm³/mol. The van der Waals surface area contributed by atoms with E-state index >= 15 is 0 Å².